The first kappa shape index (κ1) is 26.8. The molecule has 0 spiro atoms. The van der Waals surface area contributed by atoms with Crippen molar-refractivity contribution in [2.24, 2.45) is 5.92 Å². The van der Waals surface area contributed by atoms with Gasteiger partial charge in [0.25, 0.3) is 11.8 Å². The molecule has 3 amide bonds. The zero-order chi connectivity index (χ0) is 26.2. The van der Waals surface area contributed by atoms with Gasteiger partial charge in [-0.3, -0.25) is 14.4 Å². The van der Waals surface area contributed by atoms with E-state index >= 15 is 0 Å². The van der Waals surface area contributed by atoms with Gasteiger partial charge in [0.15, 0.2) is 0 Å². The van der Waals surface area contributed by atoms with E-state index in [0.29, 0.717) is 22.5 Å². The van der Waals surface area contributed by atoms with Gasteiger partial charge in [0.1, 0.15) is 0 Å². The zero-order valence-electron chi connectivity index (χ0n) is 22.0. The predicted molar refractivity (Wildman–Crippen MR) is 147 cm³/mol. The maximum Gasteiger partial charge on any atom is 0.255 e. The molecule has 0 bridgehead atoms. The Morgan fingerprint density at radius 2 is 1.27 bits per heavy atom. The highest BCUT2D eigenvalue weighted by atomic mass is 16.2. The standard InChI is InChI=1S/C29H39N5O3/c1-3-33-17-5-7-23(19-33)29(37)31-25-15-9-21(10-16-25)27(35)30-24-13-11-22(12-14-24)28(36)32-26-8-6-18-34(4-2)20-26/h9-16,23,26H,3-8,17-20H2,1-2H3,(H,30,35)(H,31,37)(H,32,36). The molecule has 0 saturated carbocycles. The van der Waals surface area contributed by atoms with Crippen molar-refractivity contribution in [3.63, 3.8) is 0 Å². The number of piperidine rings is 2. The second kappa shape index (κ2) is 12.8. The molecule has 2 aliphatic heterocycles. The van der Waals surface area contributed by atoms with E-state index in [9.17, 15) is 14.4 Å². The third-order valence-corrected chi connectivity index (χ3v) is 7.43. The summed E-state index contributed by atoms with van der Waals surface area (Å²) >= 11 is 0. The van der Waals surface area contributed by atoms with Crippen LogP contribution in [0.1, 0.15) is 60.2 Å². The lowest BCUT2D eigenvalue weighted by Gasteiger charge is -2.32. The average Bonchev–Trinajstić information content (AvgIpc) is 2.94. The SMILES string of the molecule is CCN1CCCC(NC(=O)c2ccc(NC(=O)c3ccc(NC(=O)C4CCCN(CC)C4)cc3)cc2)C1. The van der Waals surface area contributed by atoms with Crippen molar-refractivity contribution in [3.05, 3.63) is 59.7 Å². The number of carbonyl (C=O) groups is 3. The molecule has 2 aromatic rings. The van der Waals surface area contributed by atoms with Crippen molar-refractivity contribution in [3.8, 4) is 0 Å². The lowest BCUT2D eigenvalue weighted by Crippen LogP contribution is -2.47. The first-order valence-electron chi connectivity index (χ1n) is 13.5. The van der Waals surface area contributed by atoms with Crippen molar-refractivity contribution in [1.29, 1.82) is 0 Å². The van der Waals surface area contributed by atoms with Gasteiger partial charge in [0.2, 0.25) is 5.91 Å². The van der Waals surface area contributed by atoms with Crippen molar-refractivity contribution in [2.75, 3.05) is 49.9 Å². The van der Waals surface area contributed by atoms with Crippen LogP contribution >= 0.6 is 0 Å². The Morgan fingerprint density at radius 3 is 1.89 bits per heavy atom. The van der Waals surface area contributed by atoms with E-state index in [2.05, 4.69) is 39.6 Å². The second-order valence-electron chi connectivity index (χ2n) is 10.0. The molecule has 198 valence electrons. The third-order valence-electron chi connectivity index (χ3n) is 7.43. The summed E-state index contributed by atoms with van der Waals surface area (Å²) in [6, 6.07) is 14.0. The number of carbonyl (C=O) groups excluding carboxylic acids is 3. The number of likely N-dealkylation sites (N-methyl/N-ethyl adjacent to an activating group) is 1. The van der Waals surface area contributed by atoms with Crippen LogP contribution in [0.2, 0.25) is 0 Å². The third kappa shape index (κ3) is 7.40. The van der Waals surface area contributed by atoms with Crippen LogP contribution in [-0.2, 0) is 4.79 Å². The van der Waals surface area contributed by atoms with Crippen LogP contribution in [0.4, 0.5) is 11.4 Å². The van der Waals surface area contributed by atoms with Gasteiger partial charge in [-0.25, -0.2) is 0 Å². The summed E-state index contributed by atoms with van der Waals surface area (Å²) in [5, 5.41) is 8.99. The van der Waals surface area contributed by atoms with Crippen LogP contribution in [-0.4, -0.2) is 72.8 Å². The minimum Gasteiger partial charge on any atom is -0.348 e. The smallest absolute Gasteiger partial charge is 0.255 e. The first-order valence-corrected chi connectivity index (χ1v) is 13.5. The Balaban J connectivity index is 1.27. The summed E-state index contributed by atoms with van der Waals surface area (Å²) in [7, 11) is 0. The van der Waals surface area contributed by atoms with Gasteiger partial charge < -0.3 is 25.8 Å². The van der Waals surface area contributed by atoms with E-state index in [1.165, 1.54) is 0 Å². The number of anilines is 2. The van der Waals surface area contributed by atoms with Crippen molar-refractivity contribution >= 4 is 29.1 Å². The monoisotopic (exact) mass is 505 g/mol. The minimum absolute atomic E-state index is 0.00423. The van der Waals surface area contributed by atoms with Crippen LogP contribution in [0.3, 0.4) is 0 Å². The minimum atomic E-state index is -0.247. The number of nitrogens with zero attached hydrogens (tertiary/aromatic N) is 2. The molecule has 0 aliphatic carbocycles. The fourth-order valence-electron chi connectivity index (χ4n) is 5.14. The zero-order valence-corrected chi connectivity index (χ0v) is 22.0. The van der Waals surface area contributed by atoms with E-state index in [1.807, 2.05) is 0 Å². The van der Waals surface area contributed by atoms with Crippen LogP contribution in [0.15, 0.2) is 48.5 Å². The first-order chi connectivity index (χ1) is 17.9. The van der Waals surface area contributed by atoms with Gasteiger partial charge in [0, 0.05) is 41.6 Å². The molecular weight excluding hydrogens is 466 g/mol. The summed E-state index contributed by atoms with van der Waals surface area (Å²) in [6.07, 6.45) is 4.03. The quantitative estimate of drug-likeness (QED) is 0.507. The number of hydrogen-bond donors (Lipinski definition) is 3. The van der Waals surface area contributed by atoms with E-state index in [4.69, 9.17) is 0 Å². The molecule has 0 radical (unpaired) electrons. The van der Waals surface area contributed by atoms with Crippen molar-refractivity contribution < 1.29 is 14.4 Å². The fraction of sp³-hybridized carbons (Fsp3) is 0.483. The summed E-state index contributed by atoms with van der Waals surface area (Å²) in [6.45, 7) is 10.0. The Morgan fingerprint density at radius 1 is 0.730 bits per heavy atom. The molecule has 2 aliphatic rings. The normalized spacial score (nSPS) is 20.7. The largest absolute Gasteiger partial charge is 0.348 e. The van der Waals surface area contributed by atoms with Gasteiger partial charge >= 0.3 is 0 Å². The van der Waals surface area contributed by atoms with Crippen molar-refractivity contribution in [2.45, 2.75) is 45.6 Å². The van der Waals surface area contributed by atoms with Gasteiger partial charge in [0.05, 0.1) is 5.92 Å². The molecule has 3 N–H and O–H groups in total. The van der Waals surface area contributed by atoms with Gasteiger partial charge in [-0.15, -0.1) is 0 Å². The number of amides is 3. The topological polar surface area (TPSA) is 93.8 Å². The molecular formula is C29H39N5O3. The van der Waals surface area contributed by atoms with E-state index in [1.54, 1.807) is 48.5 Å². The maximum absolute atomic E-state index is 12.7. The highest BCUT2D eigenvalue weighted by molar-refractivity contribution is 6.05. The highest BCUT2D eigenvalue weighted by Crippen LogP contribution is 2.20. The Hall–Kier alpha value is -3.23. The fourth-order valence-corrected chi connectivity index (χ4v) is 5.14. The molecule has 2 unspecified atom stereocenters. The van der Waals surface area contributed by atoms with Crippen LogP contribution in [0.25, 0.3) is 0 Å². The lowest BCUT2D eigenvalue weighted by atomic mass is 9.97. The highest BCUT2D eigenvalue weighted by Gasteiger charge is 2.25. The molecule has 2 aromatic carbocycles. The molecule has 2 fully saturated rings. The van der Waals surface area contributed by atoms with Gasteiger partial charge in [-0.1, -0.05) is 13.8 Å². The molecule has 8 nitrogen and oxygen atoms in total. The van der Waals surface area contributed by atoms with Gasteiger partial charge in [-0.05, 0) is 100 Å². The molecule has 8 heteroatoms. The Kier molecular flexibility index (Phi) is 9.30. The number of rotatable bonds is 8. The van der Waals surface area contributed by atoms with Gasteiger partial charge in [-0.2, -0.15) is 0 Å². The molecule has 2 atom stereocenters. The van der Waals surface area contributed by atoms with Crippen LogP contribution in [0, 0.1) is 5.92 Å². The van der Waals surface area contributed by atoms with E-state index in [0.717, 1.165) is 65.0 Å². The Labute approximate surface area is 219 Å². The number of hydrogen-bond acceptors (Lipinski definition) is 5. The number of benzene rings is 2. The Bertz CT molecular complexity index is 1070. The number of likely N-dealkylation sites (tertiary alicyclic amines) is 2. The predicted octanol–water partition coefficient (Wildman–Crippen LogP) is 3.82. The second-order valence-corrected chi connectivity index (χ2v) is 10.0. The van der Waals surface area contributed by atoms with Crippen LogP contribution < -0.4 is 16.0 Å². The molecule has 0 aromatic heterocycles. The van der Waals surface area contributed by atoms with Crippen molar-refractivity contribution in [1.82, 2.24) is 15.1 Å². The summed E-state index contributed by atoms with van der Waals surface area (Å²) in [5.74, 6) is -0.307. The average molecular weight is 506 g/mol. The summed E-state index contributed by atoms with van der Waals surface area (Å²) in [4.78, 5) is 42.7. The summed E-state index contributed by atoms with van der Waals surface area (Å²) in [5.41, 5.74) is 2.37. The molecule has 2 saturated heterocycles. The van der Waals surface area contributed by atoms with Crippen LogP contribution in [0.5, 0.6) is 0 Å². The molecule has 2 heterocycles. The summed E-state index contributed by atoms with van der Waals surface area (Å²) < 4.78 is 0. The number of nitrogens with one attached hydrogen (secondary N) is 3. The maximum atomic E-state index is 12.7. The molecule has 37 heavy (non-hydrogen) atoms. The van der Waals surface area contributed by atoms with E-state index in [-0.39, 0.29) is 29.7 Å². The van der Waals surface area contributed by atoms with E-state index < -0.39 is 0 Å². The lowest BCUT2D eigenvalue weighted by molar-refractivity contribution is -0.121. The molecule has 4 rings (SSSR count).